The second-order valence-electron chi connectivity index (χ2n) is 7.52. The van der Waals surface area contributed by atoms with Gasteiger partial charge in [-0.3, -0.25) is 10.2 Å². The number of nitrogens with zero attached hydrogens (tertiary/aromatic N) is 2. The van der Waals surface area contributed by atoms with E-state index in [0.717, 1.165) is 69.4 Å². The van der Waals surface area contributed by atoms with E-state index >= 15 is 0 Å². The van der Waals surface area contributed by atoms with Crippen LogP contribution in [0.25, 0.3) is 0 Å². The zero-order chi connectivity index (χ0) is 23.8. The third kappa shape index (κ3) is 7.07. The number of unbranched alkanes of at least 4 members (excludes halogenated alkanes) is 1. The summed E-state index contributed by atoms with van der Waals surface area (Å²) in [6.07, 6.45) is 1.68. The molecule has 2 heterocycles. The van der Waals surface area contributed by atoms with Gasteiger partial charge in [-0.15, -0.1) is 0 Å². The Kier molecular flexibility index (Phi) is 8.92. The molecule has 0 unspecified atom stereocenters. The van der Waals surface area contributed by atoms with Gasteiger partial charge in [0.25, 0.3) is 0 Å². The first-order valence-electron chi connectivity index (χ1n) is 10.5. The van der Waals surface area contributed by atoms with E-state index in [0.29, 0.717) is 6.54 Å². The topological polar surface area (TPSA) is 113 Å². The Hall–Kier alpha value is -2.83. The highest BCUT2D eigenvalue weighted by Crippen LogP contribution is 2.31. The Labute approximate surface area is 193 Å². The fourth-order valence-corrected chi connectivity index (χ4v) is 3.95. The van der Waals surface area contributed by atoms with Crippen LogP contribution in [0.4, 0.5) is 18.6 Å². The molecule has 1 fully saturated rings. The molecule has 0 bridgehead atoms. The maximum atomic E-state index is 14.0. The number of anilines is 1. The third-order valence-electron chi connectivity index (χ3n) is 5.08. The second kappa shape index (κ2) is 11.9. The van der Waals surface area contributed by atoms with E-state index in [1.165, 1.54) is 6.92 Å². The molecule has 1 aromatic heterocycles. The summed E-state index contributed by atoms with van der Waals surface area (Å²) in [5.41, 5.74) is -0.281. The van der Waals surface area contributed by atoms with Crippen molar-refractivity contribution in [1.29, 1.82) is 0 Å². The van der Waals surface area contributed by atoms with E-state index in [1.807, 2.05) is 0 Å². The lowest BCUT2D eigenvalue weighted by molar-refractivity contribution is 0.0372. The van der Waals surface area contributed by atoms with E-state index in [9.17, 15) is 23.5 Å². The number of carboxylic acid groups (broad SMARTS) is 1. The summed E-state index contributed by atoms with van der Waals surface area (Å²) in [7, 11) is 0. The number of amides is 2. The number of ether oxygens (including phenoxy) is 2. The van der Waals surface area contributed by atoms with Crippen molar-refractivity contribution in [3.05, 3.63) is 40.5 Å². The van der Waals surface area contributed by atoms with Crippen molar-refractivity contribution in [3.8, 4) is 5.88 Å². The van der Waals surface area contributed by atoms with Gasteiger partial charge in [0.05, 0.1) is 13.2 Å². The minimum absolute atomic E-state index is 0.0149. The highest BCUT2D eigenvalue weighted by Gasteiger charge is 2.24. The zero-order valence-electron chi connectivity index (χ0n) is 18.2. The number of aryl methyl sites for hydroxylation is 1. The van der Waals surface area contributed by atoms with Crippen LogP contribution in [-0.2, 0) is 11.3 Å². The van der Waals surface area contributed by atoms with E-state index in [-0.39, 0.29) is 27.6 Å². The Bertz CT molecular complexity index is 982. The monoisotopic (exact) mass is 484 g/mol. The average molecular weight is 485 g/mol. The lowest BCUT2D eigenvalue weighted by atomic mass is 10.1. The van der Waals surface area contributed by atoms with Crippen molar-refractivity contribution in [2.45, 2.75) is 26.4 Å². The van der Waals surface area contributed by atoms with Crippen LogP contribution >= 0.6 is 11.5 Å². The van der Waals surface area contributed by atoms with Crippen LogP contribution in [0.3, 0.4) is 0 Å². The Morgan fingerprint density at radius 3 is 2.73 bits per heavy atom. The molecule has 2 amide bonds. The predicted molar refractivity (Wildman–Crippen MR) is 118 cm³/mol. The number of carbonyl (C=O) groups excluding carboxylic acids is 1. The van der Waals surface area contributed by atoms with Crippen molar-refractivity contribution in [2.24, 2.45) is 0 Å². The molecule has 3 rings (SSSR count). The fraction of sp³-hybridized carbons (Fsp3) is 0.476. The number of rotatable bonds is 10. The van der Waals surface area contributed by atoms with Crippen molar-refractivity contribution in [3.63, 3.8) is 0 Å². The zero-order valence-corrected chi connectivity index (χ0v) is 19.0. The maximum absolute atomic E-state index is 14.0. The normalized spacial score (nSPS) is 14.2. The number of urea groups is 1. The predicted octanol–water partition coefficient (Wildman–Crippen LogP) is 3.24. The summed E-state index contributed by atoms with van der Waals surface area (Å²) in [6, 6.07) is 1.46. The van der Waals surface area contributed by atoms with Crippen LogP contribution in [0.2, 0.25) is 0 Å². The summed E-state index contributed by atoms with van der Waals surface area (Å²) in [5, 5.41) is 14.6. The summed E-state index contributed by atoms with van der Waals surface area (Å²) in [4.78, 5) is 26.1. The van der Waals surface area contributed by atoms with Crippen LogP contribution in [0.5, 0.6) is 5.88 Å². The third-order valence-corrected chi connectivity index (χ3v) is 5.83. The smallest absolute Gasteiger partial charge is 0.344 e. The fourth-order valence-electron chi connectivity index (χ4n) is 3.23. The molecule has 1 aliphatic heterocycles. The van der Waals surface area contributed by atoms with E-state index in [4.69, 9.17) is 9.47 Å². The quantitative estimate of drug-likeness (QED) is 0.444. The number of carboxylic acids is 1. The molecule has 0 atom stereocenters. The van der Waals surface area contributed by atoms with Gasteiger partial charge in [-0.1, -0.05) is 0 Å². The number of hydrogen-bond donors (Lipinski definition) is 3. The van der Waals surface area contributed by atoms with E-state index in [2.05, 4.69) is 19.9 Å². The number of nitrogens with one attached hydrogen (secondary N) is 2. The number of aromatic carboxylic acids is 1. The Morgan fingerprint density at radius 1 is 1.24 bits per heavy atom. The number of hydrogen-bond acceptors (Lipinski definition) is 7. The number of halogens is 2. The number of aromatic nitrogens is 1. The maximum Gasteiger partial charge on any atom is 0.344 e. The first-order chi connectivity index (χ1) is 15.8. The van der Waals surface area contributed by atoms with Crippen LogP contribution in [0.1, 0.15) is 34.3 Å². The lowest BCUT2D eigenvalue weighted by Crippen LogP contribution is -2.37. The molecule has 12 heteroatoms. The van der Waals surface area contributed by atoms with Gasteiger partial charge in [-0.25, -0.2) is 18.4 Å². The van der Waals surface area contributed by atoms with Gasteiger partial charge in [0, 0.05) is 25.2 Å². The van der Waals surface area contributed by atoms with E-state index < -0.39 is 30.2 Å². The largest absolute Gasteiger partial charge is 0.477 e. The summed E-state index contributed by atoms with van der Waals surface area (Å²) < 4.78 is 42.2. The summed E-state index contributed by atoms with van der Waals surface area (Å²) in [5.74, 6) is -2.92. The van der Waals surface area contributed by atoms with Crippen molar-refractivity contribution in [1.82, 2.24) is 14.6 Å². The standard InChI is InChI=1S/C21H26F2N4O5S/c1-13-10-16(23)14(11-15(13)22)12-32-18-17(20(28)29)19(33-26-18)25-21(30)24-4-2-3-5-27-6-8-31-9-7-27/h10-11H,2-9,12H2,1H3,(H,28,29)(H2,24,25,30). The molecule has 0 aliphatic carbocycles. The highest BCUT2D eigenvalue weighted by molar-refractivity contribution is 7.11. The first-order valence-corrected chi connectivity index (χ1v) is 11.3. The molecule has 0 radical (unpaired) electrons. The molecule has 0 saturated carbocycles. The SMILES string of the molecule is Cc1cc(F)c(COc2nsc(NC(=O)NCCCCN3CCOCC3)c2C(=O)O)cc1F. The van der Waals surface area contributed by atoms with Gasteiger partial charge in [0.15, 0.2) is 5.56 Å². The molecular formula is C21H26F2N4O5S. The molecule has 1 aromatic carbocycles. The molecule has 1 aliphatic rings. The summed E-state index contributed by atoms with van der Waals surface area (Å²) in [6.45, 7) is 5.67. The van der Waals surface area contributed by atoms with Crippen LogP contribution in [-0.4, -0.2) is 65.8 Å². The van der Waals surface area contributed by atoms with Gasteiger partial charge in [-0.05, 0) is 55.5 Å². The molecule has 33 heavy (non-hydrogen) atoms. The van der Waals surface area contributed by atoms with Gasteiger partial charge in [-0.2, -0.15) is 4.37 Å². The highest BCUT2D eigenvalue weighted by atomic mass is 32.1. The molecule has 1 saturated heterocycles. The summed E-state index contributed by atoms with van der Waals surface area (Å²) >= 11 is 0.726. The first kappa shape index (κ1) is 24.8. The van der Waals surface area contributed by atoms with Crippen LogP contribution in [0, 0.1) is 18.6 Å². The molecule has 0 spiro atoms. The van der Waals surface area contributed by atoms with Crippen molar-refractivity contribution < 1.29 is 33.0 Å². The van der Waals surface area contributed by atoms with Gasteiger partial charge in [0.1, 0.15) is 23.2 Å². The number of benzene rings is 1. The second-order valence-corrected chi connectivity index (χ2v) is 8.29. The molecule has 2 aromatic rings. The Balaban J connectivity index is 1.49. The molecule has 9 nitrogen and oxygen atoms in total. The molecular weight excluding hydrogens is 458 g/mol. The Morgan fingerprint density at radius 2 is 2.00 bits per heavy atom. The molecule has 3 N–H and O–H groups in total. The van der Waals surface area contributed by atoms with Gasteiger partial charge in [0.2, 0.25) is 5.88 Å². The van der Waals surface area contributed by atoms with Gasteiger partial charge >= 0.3 is 12.0 Å². The van der Waals surface area contributed by atoms with Gasteiger partial charge < -0.3 is 19.9 Å². The van der Waals surface area contributed by atoms with Crippen molar-refractivity contribution in [2.75, 3.05) is 44.7 Å². The molecule has 180 valence electrons. The van der Waals surface area contributed by atoms with E-state index in [1.54, 1.807) is 0 Å². The average Bonchev–Trinajstić information content (AvgIpc) is 3.18. The number of morpholine rings is 1. The number of carbonyl (C=O) groups is 2. The minimum Gasteiger partial charge on any atom is -0.477 e. The van der Waals surface area contributed by atoms with Crippen molar-refractivity contribution >= 4 is 28.5 Å². The van der Waals surface area contributed by atoms with Crippen LogP contribution < -0.4 is 15.4 Å². The lowest BCUT2D eigenvalue weighted by Gasteiger charge is -2.26. The minimum atomic E-state index is -1.37. The van der Waals surface area contributed by atoms with Crippen LogP contribution in [0.15, 0.2) is 12.1 Å².